The molecule has 0 radical (unpaired) electrons. The first-order valence-corrected chi connectivity index (χ1v) is 13.6. The number of carboxylic acids is 1. The molecule has 0 aliphatic carbocycles. The van der Waals surface area contributed by atoms with Crippen molar-refractivity contribution < 1.29 is 48.7 Å². The quantitative estimate of drug-likeness (QED) is 0.159. The van der Waals surface area contributed by atoms with Gasteiger partial charge in [-0.1, -0.05) is 84.0 Å². The van der Waals surface area contributed by atoms with Crippen LogP contribution in [0.15, 0.2) is 84.0 Å². The molecule has 43 heavy (non-hydrogen) atoms. The minimum Gasteiger partial charge on any atom is -0.481 e. The minimum atomic E-state index is -2.04. The number of esters is 3. The molecule has 0 amide bonds. The molecule has 0 fully saturated rings. The summed E-state index contributed by atoms with van der Waals surface area (Å²) in [6.07, 6.45) is 2.08. The first-order valence-electron chi connectivity index (χ1n) is 13.6. The lowest BCUT2D eigenvalue weighted by Gasteiger charge is -2.23. The van der Waals surface area contributed by atoms with E-state index in [0.29, 0.717) is 0 Å². The molecular weight excluding hydrogens is 556 g/mol. The fourth-order valence-corrected chi connectivity index (χ4v) is 3.48. The monoisotopic (exact) mass is 598 g/mol. The Kier molecular flexibility index (Phi) is 15.6. The van der Waals surface area contributed by atoms with Gasteiger partial charge in [0.25, 0.3) is 0 Å². The maximum absolute atomic E-state index is 12.2. The molecule has 0 saturated heterocycles. The average Bonchev–Trinajstić information content (AvgIpc) is 2.97. The first kappa shape index (κ1) is 36.7. The van der Waals surface area contributed by atoms with Gasteiger partial charge in [-0.2, -0.15) is 0 Å². The molecule has 0 spiro atoms. The van der Waals surface area contributed by atoms with Crippen LogP contribution < -0.4 is 0 Å². The van der Waals surface area contributed by atoms with E-state index in [1.165, 1.54) is 7.11 Å². The molecule has 2 aromatic carbocycles. The van der Waals surface area contributed by atoms with Gasteiger partial charge in [-0.3, -0.25) is 9.59 Å². The van der Waals surface area contributed by atoms with Crippen LogP contribution in [-0.4, -0.2) is 57.5 Å². The third kappa shape index (κ3) is 14.4. The molecule has 0 heterocycles. The molecule has 0 aliphatic heterocycles. The van der Waals surface area contributed by atoms with E-state index in [1.807, 2.05) is 50.2 Å². The number of carboxylic acid groups (broad SMARTS) is 1. The van der Waals surface area contributed by atoms with Crippen molar-refractivity contribution in [2.45, 2.75) is 77.8 Å². The van der Waals surface area contributed by atoms with Crippen LogP contribution in [0.3, 0.4) is 0 Å². The largest absolute Gasteiger partial charge is 0.481 e. The molecule has 2 atom stereocenters. The van der Waals surface area contributed by atoms with Crippen LogP contribution in [0.25, 0.3) is 0 Å². The summed E-state index contributed by atoms with van der Waals surface area (Å²) in [6.45, 7) is 7.32. The number of carbonyl (C=O) groups excluding carboxylic acids is 3. The van der Waals surface area contributed by atoms with Crippen LogP contribution in [0, 0.1) is 0 Å². The van der Waals surface area contributed by atoms with E-state index in [0.717, 1.165) is 22.3 Å². The second-order valence-corrected chi connectivity index (χ2v) is 10.5. The molecular formula is C33H42O10. The van der Waals surface area contributed by atoms with Gasteiger partial charge in [0.05, 0.1) is 20.0 Å². The van der Waals surface area contributed by atoms with Gasteiger partial charge < -0.3 is 29.5 Å². The summed E-state index contributed by atoms with van der Waals surface area (Å²) < 4.78 is 14.7. The summed E-state index contributed by atoms with van der Waals surface area (Å²) in [5.74, 6) is -3.68. The number of rotatable bonds is 14. The number of carbonyl (C=O) groups is 4. The zero-order valence-corrected chi connectivity index (χ0v) is 25.4. The second kappa shape index (κ2) is 18.3. The van der Waals surface area contributed by atoms with Gasteiger partial charge in [-0.15, -0.1) is 0 Å². The number of hydrogen-bond donors (Lipinski definition) is 3. The highest BCUT2D eigenvalue weighted by atomic mass is 16.6. The SMILES string of the molecule is CC(C)=CC[C@@](O)(CC(=O)O)C(=O)OCc1ccccc1.COC(=O)C[C@](O)(CC=C(C)C)C(=O)OCc1ccccc1. The Labute approximate surface area is 252 Å². The predicted octanol–water partition coefficient (Wildman–Crippen LogP) is 4.67. The summed E-state index contributed by atoms with van der Waals surface area (Å²) in [5.41, 5.74) is -0.574. The van der Waals surface area contributed by atoms with Gasteiger partial charge in [-0.25, -0.2) is 9.59 Å². The standard InChI is InChI=1S/C17H22O5.C16H20O5/c1-13(2)9-10-17(20,11-15(18)21-3)16(19)22-12-14-7-5-4-6-8-14;1-12(2)8-9-16(20,10-14(17)18)15(19)21-11-13-6-4-3-5-7-13/h4-9,20H,10-12H2,1-3H3;3-8,20H,9-11H2,1-2H3,(H,17,18)/t17-;16-/m11/s1. The van der Waals surface area contributed by atoms with Crippen molar-refractivity contribution in [2.24, 2.45) is 0 Å². The Balaban J connectivity index is 0.000000430. The van der Waals surface area contributed by atoms with E-state index in [9.17, 15) is 29.4 Å². The number of benzene rings is 2. The number of methoxy groups -OCH3 is 1. The Hall–Kier alpha value is -4.28. The van der Waals surface area contributed by atoms with E-state index in [4.69, 9.17) is 14.6 Å². The number of aliphatic carboxylic acids is 1. The van der Waals surface area contributed by atoms with Crippen LogP contribution in [-0.2, 0) is 46.6 Å². The van der Waals surface area contributed by atoms with Crippen LogP contribution in [0.5, 0.6) is 0 Å². The summed E-state index contributed by atoms with van der Waals surface area (Å²) in [7, 11) is 1.21. The topological polar surface area (TPSA) is 157 Å². The highest BCUT2D eigenvalue weighted by Crippen LogP contribution is 2.22. The van der Waals surface area contributed by atoms with E-state index in [1.54, 1.807) is 50.3 Å². The zero-order valence-electron chi connectivity index (χ0n) is 25.4. The van der Waals surface area contributed by atoms with Gasteiger partial charge in [0, 0.05) is 12.8 Å². The van der Waals surface area contributed by atoms with Crippen LogP contribution in [0.2, 0.25) is 0 Å². The molecule has 2 aromatic rings. The molecule has 0 aliphatic rings. The Bertz CT molecular complexity index is 1240. The fraction of sp³-hybridized carbons (Fsp3) is 0.394. The van der Waals surface area contributed by atoms with E-state index in [2.05, 4.69) is 4.74 Å². The van der Waals surface area contributed by atoms with Crippen molar-refractivity contribution in [2.75, 3.05) is 7.11 Å². The van der Waals surface area contributed by atoms with E-state index < -0.39 is 47.9 Å². The van der Waals surface area contributed by atoms with E-state index >= 15 is 0 Å². The molecule has 234 valence electrons. The second-order valence-electron chi connectivity index (χ2n) is 10.5. The van der Waals surface area contributed by atoms with Gasteiger partial charge in [-0.05, 0) is 38.8 Å². The Morgan fingerprint density at radius 3 is 1.37 bits per heavy atom. The summed E-state index contributed by atoms with van der Waals surface area (Å²) >= 11 is 0. The van der Waals surface area contributed by atoms with E-state index in [-0.39, 0.29) is 26.1 Å². The number of allylic oxidation sites excluding steroid dienone is 2. The Morgan fingerprint density at radius 2 is 1.05 bits per heavy atom. The molecule has 10 heteroatoms. The van der Waals surface area contributed by atoms with Gasteiger partial charge in [0.15, 0.2) is 11.2 Å². The number of ether oxygens (including phenoxy) is 3. The highest BCUT2D eigenvalue weighted by molar-refractivity contribution is 5.86. The molecule has 2 rings (SSSR count). The highest BCUT2D eigenvalue weighted by Gasteiger charge is 2.40. The molecule has 10 nitrogen and oxygen atoms in total. The first-order chi connectivity index (χ1) is 20.2. The van der Waals surface area contributed by atoms with Crippen LogP contribution in [0.4, 0.5) is 0 Å². The predicted molar refractivity (Wildman–Crippen MR) is 159 cm³/mol. The van der Waals surface area contributed by atoms with Crippen molar-refractivity contribution in [1.29, 1.82) is 0 Å². The number of aliphatic hydroxyl groups is 2. The van der Waals surface area contributed by atoms with Crippen molar-refractivity contribution in [3.63, 3.8) is 0 Å². The maximum atomic E-state index is 12.2. The molecule has 0 aromatic heterocycles. The summed E-state index contributed by atoms with van der Waals surface area (Å²) in [5, 5.41) is 29.6. The van der Waals surface area contributed by atoms with Gasteiger partial charge in [0.1, 0.15) is 13.2 Å². The lowest BCUT2D eigenvalue weighted by Crippen LogP contribution is -2.42. The van der Waals surface area contributed by atoms with Crippen LogP contribution >= 0.6 is 0 Å². The molecule has 0 saturated carbocycles. The minimum absolute atomic E-state index is 0.00193. The van der Waals surface area contributed by atoms with Crippen molar-refractivity contribution >= 4 is 23.9 Å². The molecule has 0 unspecified atom stereocenters. The summed E-state index contributed by atoms with van der Waals surface area (Å²) in [6, 6.07) is 18.1. The van der Waals surface area contributed by atoms with Gasteiger partial charge in [0.2, 0.25) is 0 Å². The zero-order chi connectivity index (χ0) is 32.5. The van der Waals surface area contributed by atoms with Crippen molar-refractivity contribution in [1.82, 2.24) is 0 Å². The average molecular weight is 599 g/mol. The molecule has 0 bridgehead atoms. The van der Waals surface area contributed by atoms with Crippen molar-refractivity contribution in [3.05, 3.63) is 95.1 Å². The maximum Gasteiger partial charge on any atom is 0.339 e. The van der Waals surface area contributed by atoms with Crippen LogP contribution in [0.1, 0.15) is 64.5 Å². The van der Waals surface area contributed by atoms with Gasteiger partial charge >= 0.3 is 23.9 Å². The lowest BCUT2D eigenvalue weighted by atomic mass is 9.94. The third-order valence-corrected chi connectivity index (χ3v) is 5.99. The Morgan fingerprint density at radius 1 is 0.674 bits per heavy atom. The lowest BCUT2D eigenvalue weighted by molar-refractivity contribution is -0.172. The fourth-order valence-electron chi connectivity index (χ4n) is 3.48. The third-order valence-electron chi connectivity index (χ3n) is 5.99. The summed E-state index contributed by atoms with van der Waals surface area (Å²) in [4.78, 5) is 46.5. The normalized spacial score (nSPS) is 13.0. The molecule has 3 N–H and O–H groups in total. The number of hydrogen-bond acceptors (Lipinski definition) is 9. The smallest absolute Gasteiger partial charge is 0.339 e. The van der Waals surface area contributed by atoms with Crippen molar-refractivity contribution in [3.8, 4) is 0 Å².